The van der Waals surface area contributed by atoms with E-state index in [-0.39, 0.29) is 0 Å². The molecule has 19 heavy (non-hydrogen) atoms. The van der Waals surface area contributed by atoms with Crippen LogP contribution in [0.2, 0.25) is 0 Å². The SMILES string of the molecule is Cc1occc1C(O)Cc1nn(C)c2ccccc12. The highest BCUT2D eigenvalue weighted by atomic mass is 16.3. The monoisotopic (exact) mass is 256 g/mol. The second kappa shape index (κ2) is 4.55. The fourth-order valence-corrected chi connectivity index (χ4v) is 2.47. The predicted octanol–water partition coefficient (Wildman–Crippen LogP) is 2.75. The molecule has 3 rings (SSSR count). The smallest absolute Gasteiger partial charge is 0.106 e. The maximum absolute atomic E-state index is 10.3. The minimum atomic E-state index is -0.586. The van der Waals surface area contributed by atoms with E-state index in [9.17, 15) is 5.11 Å². The normalized spacial score (nSPS) is 13.0. The summed E-state index contributed by atoms with van der Waals surface area (Å²) in [5.74, 6) is 0.757. The Bertz CT molecular complexity index is 712. The molecule has 4 heteroatoms. The fraction of sp³-hybridized carbons (Fsp3) is 0.267. The first-order valence-electron chi connectivity index (χ1n) is 6.29. The van der Waals surface area contributed by atoms with Gasteiger partial charge in [-0.1, -0.05) is 18.2 Å². The number of nitrogens with zero attached hydrogens (tertiary/aromatic N) is 2. The molecule has 2 heterocycles. The molecule has 0 aliphatic heterocycles. The number of fused-ring (bicyclic) bond motifs is 1. The molecular formula is C15H16N2O2. The number of aliphatic hydroxyl groups excluding tert-OH is 1. The Balaban J connectivity index is 1.96. The number of rotatable bonds is 3. The highest BCUT2D eigenvalue weighted by Gasteiger charge is 2.17. The zero-order chi connectivity index (χ0) is 13.4. The van der Waals surface area contributed by atoms with E-state index in [1.807, 2.05) is 49.0 Å². The van der Waals surface area contributed by atoms with Crippen LogP contribution in [0.1, 0.15) is 23.1 Å². The molecule has 0 spiro atoms. The Morgan fingerprint density at radius 1 is 1.32 bits per heavy atom. The van der Waals surface area contributed by atoms with Crippen molar-refractivity contribution in [2.75, 3.05) is 0 Å². The third kappa shape index (κ3) is 2.04. The van der Waals surface area contributed by atoms with Crippen molar-refractivity contribution in [2.45, 2.75) is 19.4 Å². The van der Waals surface area contributed by atoms with Gasteiger partial charge in [0.15, 0.2) is 0 Å². The second-order valence-corrected chi connectivity index (χ2v) is 4.74. The van der Waals surface area contributed by atoms with Crippen molar-refractivity contribution >= 4 is 10.9 Å². The molecule has 1 unspecified atom stereocenters. The third-order valence-electron chi connectivity index (χ3n) is 3.48. The van der Waals surface area contributed by atoms with Gasteiger partial charge in [0.25, 0.3) is 0 Å². The molecule has 1 atom stereocenters. The van der Waals surface area contributed by atoms with Crippen LogP contribution in [-0.2, 0) is 13.5 Å². The summed E-state index contributed by atoms with van der Waals surface area (Å²) in [4.78, 5) is 0. The van der Waals surface area contributed by atoms with Crippen LogP contribution in [0.5, 0.6) is 0 Å². The Hall–Kier alpha value is -2.07. The predicted molar refractivity (Wildman–Crippen MR) is 72.8 cm³/mol. The molecule has 2 aromatic heterocycles. The Morgan fingerprint density at radius 3 is 2.84 bits per heavy atom. The lowest BCUT2D eigenvalue weighted by atomic mass is 10.0. The first-order chi connectivity index (χ1) is 9.16. The molecule has 0 fully saturated rings. The molecule has 0 aliphatic rings. The van der Waals surface area contributed by atoms with Gasteiger partial charge in [0, 0.05) is 24.4 Å². The maximum atomic E-state index is 10.3. The van der Waals surface area contributed by atoms with Gasteiger partial charge in [0.05, 0.1) is 23.6 Å². The van der Waals surface area contributed by atoms with E-state index < -0.39 is 6.10 Å². The van der Waals surface area contributed by atoms with Crippen LogP contribution in [-0.4, -0.2) is 14.9 Å². The average Bonchev–Trinajstić information content (AvgIpc) is 2.95. The summed E-state index contributed by atoms with van der Waals surface area (Å²) in [5.41, 5.74) is 2.81. The zero-order valence-electron chi connectivity index (χ0n) is 11.0. The minimum absolute atomic E-state index is 0.488. The number of aliphatic hydroxyl groups is 1. The van der Waals surface area contributed by atoms with Gasteiger partial charge in [-0.05, 0) is 19.1 Å². The molecule has 3 aromatic rings. The van der Waals surface area contributed by atoms with E-state index in [2.05, 4.69) is 5.10 Å². The summed E-state index contributed by atoms with van der Waals surface area (Å²) in [5, 5.41) is 15.9. The van der Waals surface area contributed by atoms with Crippen LogP contribution in [0, 0.1) is 6.92 Å². The number of hydrogen-bond acceptors (Lipinski definition) is 3. The second-order valence-electron chi connectivity index (χ2n) is 4.74. The van der Waals surface area contributed by atoms with Crippen molar-refractivity contribution < 1.29 is 9.52 Å². The highest BCUT2D eigenvalue weighted by Crippen LogP contribution is 2.25. The molecular weight excluding hydrogens is 240 g/mol. The van der Waals surface area contributed by atoms with Gasteiger partial charge in [-0.25, -0.2) is 0 Å². The standard InChI is InChI=1S/C15H16N2O2/c1-10-11(7-8-19-10)15(18)9-13-12-5-3-4-6-14(12)17(2)16-13/h3-8,15,18H,9H2,1-2H3. The molecule has 0 aliphatic carbocycles. The molecule has 0 saturated heterocycles. The number of hydrogen-bond donors (Lipinski definition) is 1. The number of furan rings is 1. The first kappa shape index (κ1) is 12.0. The lowest BCUT2D eigenvalue weighted by molar-refractivity contribution is 0.175. The number of aryl methyl sites for hydroxylation is 2. The van der Waals surface area contributed by atoms with Gasteiger partial charge < -0.3 is 9.52 Å². The van der Waals surface area contributed by atoms with E-state index in [4.69, 9.17) is 4.42 Å². The zero-order valence-corrected chi connectivity index (χ0v) is 11.0. The van der Waals surface area contributed by atoms with Crippen molar-refractivity contribution in [3.8, 4) is 0 Å². The molecule has 1 N–H and O–H groups in total. The summed E-state index contributed by atoms with van der Waals surface area (Å²) in [6, 6.07) is 9.85. The maximum Gasteiger partial charge on any atom is 0.106 e. The van der Waals surface area contributed by atoms with Gasteiger partial charge in [0.1, 0.15) is 5.76 Å². The van der Waals surface area contributed by atoms with Crippen LogP contribution >= 0.6 is 0 Å². The molecule has 0 radical (unpaired) electrons. The topological polar surface area (TPSA) is 51.2 Å². The van der Waals surface area contributed by atoms with Crippen molar-refractivity contribution in [3.05, 3.63) is 53.6 Å². The van der Waals surface area contributed by atoms with Crippen molar-refractivity contribution in [3.63, 3.8) is 0 Å². The van der Waals surface area contributed by atoms with Crippen molar-refractivity contribution in [1.29, 1.82) is 0 Å². The summed E-state index contributed by atoms with van der Waals surface area (Å²) < 4.78 is 7.08. The van der Waals surface area contributed by atoms with Crippen LogP contribution in [0.25, 0.3) is 10.9 Å². The summed E-state index contributed by atoms with van der Waals surface area (Å²) in [6.07, 6.45) is 1.50. The quantitative estimate of drug-likeness (QED) is 0.784. The van der Waals surface area contributed by atoms with Gasteiger partial charge in [-0.2, -0.15) is 5.10 Å². The van der Waals surface area contributed by atoms with Crippen molar-refractivity contribution in [1.82, 2.24) is 9.78 Å². The van der Waals surface area contributed by atoms with E-state index in [1.54, 1.807) is 6.26 Å². The Labute approximate surface area is 111 Å². The van der Waals surface area contributed by atoms with E-state index in [0.717, 1.165) is 27.9 Å². The Morgan fingerprint density at radius 2 is 2.11 bits per heavy atom. The van der Waals surface area contributed by atoms with Gasteiger partial charge in [-0.15, -0.1) is 0 Å². The summed E-state index contributed by atoms with van der Waals surface area (Å²) >= 11 is 0. The average molecular weight is 256 g/mol. The van der Waals surface area contributed by atoms with E-state index >= 15 is 0 Å². The molecule has 0 bridgehead atoms. The van der Waals surface area contributed by atoms with E-state index in [1.165, 1.54) is 0 Å². The largest absolute Gasteiger partial charge is 0.469 e. The van der Waals surface area contributed by atoms with Crippen LogP contribution in [0.15, 0.2) is 41.0 Å². The van der Waals surface area contributed by atoms with Crippen LogP contribution in [0.3, 0.4) is 0 Å². The number of aromatic nitrogens is 2. The molecule has 1 aromatic carbocycles. The van der Waals surface area contributed by atoms with Gasteiger partial charge in [0.2, 0.25) is 0 Å². The third-order valence-corrected chi connectivity index (χ3v) is 3.48. The minimum Gasteiger partial charge on any atom is -0.469 e. The van der Waals surface area contributed by atoms with Crippen molar-refractivity contribution in [2.24, 2.45) is 7.05 Å². The molecule has 0 amide bonds. The summed E-state index contributed by atoms with van der Waals surface area (Å²) in [6.45, 7) is 1.86. The highest BCUT2D eigenvalue weighted by molar-refractivity contribution is 5.81. The van der Waals surface area contributed by atoms with Crippen LogP contribution in [0.4, 0.5) is 0 Å². The molecule has 4 nitrogen and oxygen atoms in total. The number of para-hydroxylation sites is 1. The lowest BCUT2D eigenvalue weighted by Gasteiger charge is -2.07. The first-order valence-corrected chi connectivity index (χ1v) is 6.29. The van der Waals surface area contributed by atoms with E-state index in [0.29, 0.717) is 6.42 Å². The van der Waals surface area contributed by atoms with Gasteiger partial charge >= 0.3 is 0 Å². The number of benzene rings is 1. The fourth-order valence-electron chi connectivity index (χ4n) is 2.47. The van der Waals surface area contributed by atoms with Crippen LogP contribution < -0.4 is 0 Å². The summed E-state index contributed by atoms with van der Waals surface area (Å²) in [7, 11) is 1.92. The Kier molecular flexibility index (Phi) is 2.87. The lowest BCUT2D eigenvalue weighted by Crippen LogP contribution is -2.03. The molecule has 98 valence electrons. The molecule has 0 saturated carbocycles. The van der Waals surface area contributed by atoms with Gasteiger partial charge in [-0.3, -0.25) is 4.68 Å².